The molecule has 9 nitrogen and oxygen atoms in total. The number of likely N-dealkylation sites (tertiary alicyclic amines) is 1. The molecule has 1 unspecified atom stereocenters. The zero-order chi connectivity index (χ0) is 26.4. The molecule has 2 aromatic heterocycles. The third-order valence-electron chi connectivity index (χ3n) is 8.04. The first-order valence-corrected chi connectivity index (χ1v) is 13.7. The molecule has 0 spiro atoms. The molecule has 2 bridgehead atoms. The number of rotatable bonds is 8. The minimum atomic E-state index is -0.317. The number of halogens is 1. The van der Waals surface area contributed by atoms with Gasteiger partial charge in [0.25, 0.3) is 0 Å². The summed E-state index contributed by atoms with van der Waals surface area (Å²) in [6.07, 6.45) is 8.42. The molecule has 3 aromatic rings. The lowest BCUT2D eigenvalue weighted by molar-refractivity contribution is -0.122. The maximum atomic E-state index is 12.2. The number of aromatic amines is 1. The zero-order valence-electron chi connectivity index (χ0n) is 21.3. The average Bonchev–Trinajstić information content (AvgIpc) is 3.62. The quantitative estimate of drug-likeness (QED) is 0.324. The van der Waals surface area contributed by atoms with Gasteiger partial charge in [-0.3, -0.25) is 4.79 Å². The number of fused-ring (bicyclic) bond motifs is 3. The normalized spacial score (nSPS) is 26.2. The number of benzene rings is 1. The fourth-order valence-corrected chi connectivity index (χ4v) is 6.48. The Labute approximate surface area is 226 Å². The maximum Gasteiger partial charge on any atom is 0.223 e. The van der Waals surface area contributed by atoms with Gasteiger partial charge in [0.1, 0.15) is 23.2 Å². The second-order valence-corrected chi connectivity index (χ2v) is 11.2. The first-order valence-electron chi connectivity index (χ1n) is 13.3. The van der Waals surface area contributed by atoms with E-state index >= 15 is 0 Å². The summed E-state index contributed by atoms with van der Waals surface area (Å²) in [7, 11) is 0. The number of nitrogens with two attached hydrogens (primary N) is 1. The largest absolute Gasteiger partial charge is 0.490 e. The third kappa shape index (κ3) is 4.86. The molecule has 1 aromatic carbocycles. The van der Waals surface area contributed by atoms with Crippen LogP contribution in [0.3, 0.4) is 0 Å². The molecule has 1 saturated heterocycles. The number of nitrogens with zero attached hydrogens (tertiary/aromatic N) is 3. The first-order chi connectivity index (χ1) is 18.4. The van der Waals surface area contributed by atoms with Gasteiger partial charge in [-0.1, -0.05) is 35.9 Å². The van der Waals surface area contributed by atoms with Crippen molar-refractivity contribution in [3.8, 4) is 17.1 Å². The van der Waals surface area contributed by atoms with E-state index in [1.165, 1.54) is 0 Å². The van der Waals surface area contributed by atoms with Gasteiger partial charge in [-0.05, 0) is 50.2 Å². The van der Waals surface area contributed by atoms with Crippen molar-refractivity contribution in [3.05, 3.63) is 47.6 Å². The topological polar surface area (TPSA) is 129 Å². The Morgan fingerprint density at radius 2 is 2.11 bits per heavy atom. The molecule has 1 aliphatic heterocycles. The number of H-pyrrole nitrogens is 1. The predicted octanol–water partition coefficient (Wildman–Crippen LogP) is 3.59. The molecule has 10 heteroatoms. The minimum absolute atomic E-state index is 0.124. The smallest absolute Gasteiger partial charge is 0.223 e. The van der Waals surface area contributed by atoms with E-state index in [-0.39, 0.29) is 41.9 Å². The summed E-state index contributed by atoms with van der Waals surface area (Å²) in [5.74, 6) is 1.27. The second kappa shape index (κ2) is 10.2. The van der Waals surface area contributed by atoms with Crippen molar-refractivity contribution in [2.24, 2.45) is 23.5 Å². The number of aliphatic hydroxyl groups is 1. The van der Waals surface area contributed by atoms with Crippen LogP contribution in [0.1, 0.15) is 26.2 Å². The summed E-state index contributed by atoms with van der Waals surface area (Å²) in [6, 6.07) is 7.76. The molecule has 1 amide bonds. The number of allylic oxidation sites excluding steroid dienone is 1. The van der Waals surface area contributed by atoms with Crippen molar-refractivity contribution in [1.29, 1.82) is 0 Å². The second-order valence-electron chi connectivity index (χ2n) is 10.8. The highest BCUT2D eigenvalue weighted by molar-refractivity contribution is 6.34. The van der Waals surface area contributed by atoms with Crippen LogP contribution < -0.4 is 15.8 Å². The number of aliphatic hydroxyl groups excluding tert-OH is 1. The number of carbonyl (C=O) groups is 1. The van der Waals surface area contributed by atoms with E-state index in [9.17, 15) is 9.90 Å². The van der Waals surface area contributed by atoms with E-state index in [0.29, 0.717) is 34.2 Å². The van der Waals surface area contributed by atoms with E-state index in [0.717, 1.165) is 43.7 Å². The van der Waals surface area contributed by atoms with E-state index < -0.39 is 0 Å². The van der Waals surface area contributed by atoms with Crippen LogP contribution in [0.15, 0.2) is 42.6 Å². The number of hydrogen-bond donors (Lipinski definition) is 4. The molecule has 5 N–H and O–H groups in total. The van der Waals surface area contributed by atoms with Crippen molar-refractivity contribution < 1.29 is 14.6 Å². The van der Waals surface area contributed by atoms with E-state index in [1.54, 1.807) is 6.20 Å². The highest BCUT2D eigenvalue weighted by Crippen LogP contribution is 2.46. The summed E-state index contributed by atoms with van der Waals surface area (Å²) >= 11 is 6.59. The average molecular weight is 537 g/mol. The number of nitrogens with one attached hydrogen (secondary N) is 2. The number of carbonyl (C=O) groups excluding carboxylic acids is 1. The molecule has 200 valence electrons. The molecule has 0 radical (unpaired) electrons. The lowest BCUT2D eigenvalue weighted by Gasteiger charge is -2.32. The van der Waals surface area contributed by atoms with Crippen LogP contribution in [-0.4, -0.2) is 68.7 Å². The van der Waals surface area contributed by atoms with Gasteiger partial charge in [0, 0.05) is 31.2 Å². The molecular weight excluding hydrogens is 504 g/mol. The molecular formula is C28H33ClN6O3. The number of amides is 1. The number of aromatic nitrogens is 3. The molecule has 6 rings (SSSR count). The highest BCUT2D eigenvalue weighted by Gasteiger charge is 2.47. The SMILES string of the molecule is CC(O)CN1CCC(Oc2cccc(-c3nc4ncc(Cl)c(N[C@H]5[C@@H](C(N)=O)[C@@H]6C=C[C@H]5C6)c4[nH]3)c2)CC1. The van der Waals surface area contributed by atoms with E-state index in [2.05, 4.69) is 32.3 Å². The van der Waals surface area contributed by atoms with E-state index in [4.69, 9.17) is 27.1 Å². The lowest BCUT2D eigenvalue weighted by Crippen LogP contribution is -2.41. The third-order valence-corrected chi connectivity index (χ3v) is 8.33. The molecule has 3 aliphatic rings. The summed E-state index contributed by atoms with van der Waals surface area (Å²) in [6.45, 7) is 4.35. The highest BCUT2D eigenvalue weighted by atomic mass is 35.5. The van der Waals surface area contributed by atoms with Crippen LogP contribution in [0.2, 0.25) is 5.02 Å². The number of imidazole rings is 1. The van der Waals surface area contributed by atoms with Gasteiger partial charge in [-0.15, -0.1) is 0 Å². The van der Waals surface area contributed by atoms with Crippen LogP contribution >= 0.6 is 11.6 Å². The Morgan fingerprint density at radius 1 is 1.32 bits per heavy atom. The number of ether oxygens (including phenoxy) is 1. The summed E-state index contributed by atoms with van der Waals surface area (Å²) in [4.78, 5) is 27.1. The monoisotopic (exact) mass is 536 g/mol. The first kappa shape index (κ1) is 25.2. The van der Waals surface area contributed by atoms with Crippen LogP contribution in [0.4, 0.5) is 5.69 Å². The molecule has 38 heavy (non-hydrogen) atoms. The number of anilines is 1. The number of hydrogen-bond acceptors (Lipinski definition) is 7. The van der Waals surface area contributed by atoms with Gasteiger partial charge in [0.2, 0.25) is 5.91 Å². The Kier molecular flexibility index (Phi) is 6.75. The Hall–Kier alpha value is -3.14. The van der Waals surface area contributed by atoms with Gasteiger partial charge < -0.3 is 30.8 Å². The summed E-state index contributed by atoms with van der Waals surface area (Å²) < 4.78 is 6.31. The Bertz CT molecular complexity index is 1370. The van der Waals surface area contributed by atoms with Gasteiger partial charge in [-0.25, -0.2) is 9.97 Å². The van der Waals surface area contributed by atoms with Crippen LogP contribution in [0.5, 0.6) is 5.75 Å². The van der Waals surface area contributed by atoms with E-state index in [1.807, 2.05) is 31.2 Å². The molecule has 5 atom stereocenters. The predicted molar refractivity (Wildman–Crippen MR) is 147 cm³/mol. The van der Waals surface area contributed by atoms with Gasteiger partial charge in [-0.2, -0.15) is 0 Å². The molecule has 1 saturated carbocycles. The van der Waals surface area contributed by atoms with Crippen molar-refractivity contribution in [2.45, 2.75) is 44.4 Å². The van der Waals surface area contributed by atoms with Crippen molar-refractivity contribution in [3.63, 3.8) is 0 Å². The van der Waals surface area contributed by atoms with Crippen molar-refractivity contribution in [2.75, 3.05) is 25.0 Å². The lowest BCUT2D eigenvalue weighted by atomic mass is 9.88. The molecule has 3 heterocycles. The number of β-amino-alcohol motifs (C(OH)–C–C–N with tert-alkyl or cyclic N) is 1. The van der Waals surface area contributed by atoms with Crippen LogP contribution in [-0.2, 0) is 4.79 Å². The number of piperidine rings is 1. The molecule has 2 fully saturated rings. The van der Waals surface area contributed by atoms with Gasteiger partial charge in [0.15, 0.2) is 5.65 Å². The standard InChI is InChI=1S/C28H33ClN6O3/c1-15(36)14-35-9-7-19(8-10-35)38-20-4-2-3-18(12-20)27-33-25-24(21(29)13-31-28(25)34-27)32-23-17-6-5-16(11-17)22(23)26(30)37/h2-6,12-13,15-17,19,22-23,36H,7-11,14H2,1H3,(H2,30,37)(H2,31,32,33,34)/t15?,16-,17+,22+,23-/m1/s1. The summed E-state index contributed by atoms with van der Waals surface area (Å²) in [5.41, 5.74) is 8.56. The summed E-state index contributed by atoms with van der Waals surface area (Å²) in [5, 5.41) is 13.6. The van der Waals surface area contributed by atoms with Gasteiger partial charge in [0.05, 0.1) is 28.9 Å². The van der Waals surface area contributed by atoms with Crippen molar-refractivity contribution >= 4 is 34.4 Å². The number of primary amides is 1. The minimum Gasteiger partial charge on any atom is -0.490 e. The maximum absolute atomic E-state index is 12.2. The number of pyridine rings is 1. The van der Waals surface area contributed by atoms with Crippen molar-refractivity contribution in [1.82, 2.24) is 19.9 Å². The fourth-order valence-electron chi connectivity index (χ4n) is 6.28. The zero-order valence-corrected chi connectivity index (χ0v) is 22.1. The van der Waals surface area contributed by atoms with Crippen LogP contribution in [0, 0.1) is 17.8 Å². The van der Waals surface area contributed by atoms with Gasteiger partial charge >= 0.3 is 0 Å². The fraction of sp³-hybridized carbons (Fsp3) is 0.464. The van der Waals surface area contributed by atoms with Crippen LogP contribution in [0.25, 0.3) is 22.6 Å². The molecule has 2 aliphatic carbocycles. The Balaban J connectivity index is 1.21. The Morgan fingerprint density at radius 3 is 2.87 bits per heavy atom.